The molecule has 0 aliphatic carbocycles. The lowest BCUT2D eigenvalue weighted by Crippen LogP contribution is -2.50. The first-order valence-corrected chi connectivity index (χ1v) is 17.1. The van der Waals surface area contributed by atoms with Crippen LogP contribution in [0.25, 0.3) is 11.1 Å². The summed E-state index contributed by atoms with van der Waals surface area (Å²) in [6, 6.07) is 4.45. The zero-order valence-corrected chi connectivity index (χ0v) is 32.1. The first-order chi connectivity index (χ1) is 24.7. The van der Waals surface area contributed by atoms with E-state index in [4.69, 9.17) is 5.11 Å². The molecule has 0 spiro atoms. The van der Waals surface area contributed by atoms with E-state index in [0.717, 1.165) is 37.4 Å². The van der Waals surface area contributed by atoms with Crippen LogP contribution in [0, 0.1) is 32.5 Å². The molecule has 1 fully saturated rings. The smallest absolute Gasteiger partial charge is 0.416 e. The summed E-state index contributed by atoms with van der Waals surface area (Å²) in [4.78, 5) is 45.0. The Morgan fingerprint density at radius 3 is 1.94 bits per heavy atom. The Bertz CT molecular complexity index is 1490. The van der Waals surface area contributed by atoms with Crippen LogP contribution in [0.5, 0.6) is 0 Å². The van der Waals surface area contributed by atoms with Crippen LogP contribution in [0.15, 0.2) is 48.2 Å². The highest BCUT2D eigenvalue weighted by Crippen LogP contribution is 2.37. The van der Waals surface area contributed by atoms with Crippen LogP contribution in [-0.2, 0) is 25.4 Å². The van der Waals surface area contributed by atoms with Crippen molar-refractivity contribution in [3.05, 3.63) is 81.8 Å². The summed E-state index contributed by atoms with van der Waals surface area (Å²) >= 11 is 0. The van der Waals surface area contributed by atoms with E-state index >= 15 is 0 Å². The number of hydrogen-bond acceptors (Lipinski definition) is 8. The van der Waals surface area contributed by atoms with Gasteiger partial charge in [0.25, 0.3) is 0 Å². The van der Waals surface area contributed by atoms with Crippen molar-refractivity contribution in [3.8, 4) is 11.1 Å². The molecule has 3 N–H and O–H groups in total. The average Bonchev–Trinajstić information content (AvgIpc) is 3.05. The lowest BCUT2D eigenvalue weighted by molar-refractivity contribution is -0.138. The number of likely N-dealkylation sites (N-methyl/N-ethyl adjacent to an activating group) is 2. The van der Waals surface area contributed by atoms with Gasteiger partial charge in [-0.1, -0.05) is 20.8 Å². The van der Waals surface area contributed by atoms with E-state index in [9.17, 15) is 41.1 Å². The van der Waals surface area contributed by atoms with Crippen LogP contribution in [0.4, 0.5) is 22.0 Å². The zero-order chi connectivity index (χ0) is 40.9. The van der Waals surface area contributed by atoms with E-state index in [1.54, 1.807) is 46.2 Å². The van der Waals surface area contributed by atoms with Gasteiger partial charge in [-0.3, -0.25) is 19.3 Å². The molecule has 14 heteroatoms. The Kier molecular flexibility index (Phi) is 22.9. The standard InChI is InChI=1S/C20H21F4NO2.C12H17FN2O2.C4H10.C3H7NO/c1-10-6-14(20(22,23)24)7-11(2)18(10)13-5-12(3)19(21)15(8-13)16(25-4)9-17(26)27;1-14(4-2-3-11(9-16)10-17)5-6-15-7-12(13)8-15;1-4(2)3;1-4-2-3-5/h5-8,16,25H,9H2,1-4H3,(H,26,27);2-4,9-10,12H,5-8H2,1H3;4H,1-3H3;3-4H,2H2,1H3/b;4-2-;;. The number of carboxylic acids is 1. The molecule has 1 atom stereocenters. The summed E-state index contributed by atoms with van der Waals surface area (Å²) in [5.41, 5.74) is 1.81. The summed E-state index contributed by atoms with van der Waals surface area (Å²) in [5, 5.41) is 14.5. The van der Waals surface area contributed by atoms with Crippen LogP contribution in [0.3, 0.4) is 0 Å². The van der Waals surface area contributed by atoms with Gasteiger partial charge in [0, 0.05) is 44.8 Å². The molecule has 1 aliphatic heterocycles. The maximum absolute atomic E-state index is 14.6. The molecule has 53 heavy (non-hydrogen) atoms. The van der Waals surface area contributed by atoms with Gasteiger partial charge in [-0.2, -0.15) is 13.2 Å². The maximum Gasteiger partial charge on any atom is 0.416 e. The fourth-order valence-electron chi connectivity index (χ4n) is 4.87. The number of carbonyl (C=O) groups excluding carboxylic acids is 3. The molecule has 1 aliphatic rings. The molecule has 0 radical (unpaired) electrons. The molecule has 0 saturated carbocycles. The van der Waals surface area contributed by atoms with Crippen molar-refractivity contribution in [2.24, 2.45) is 5.92 Å². The SMILES string of the molecule is CC(C)C.CN(/C=C\C=C(C=O)C=O)CCN1CC(F)C1.CNC(CC(=O)O)c1cc(-c2c(C)cc(C(F)(F)F)cc2C)cc(C)c1F.CNCC=O. The van der Waals surface area contributed by atoms with Gasteiger partial charge in [-0.15, -0.1) is 0 Å². The van der Waals surface area contributed by atoms with Gasteiger partial charge in [0.1, 0.15) is 18.3 Å². The van der Waals surface area contributed by atoms with Gasteiger partial charge in [-0.05, 0) is 111 Å². The van der Waals surface area contributed by atoms with E-state index in [1.807, 2.05) is 16.8 Å². The van der Waals surface area contributed by atoms with E-state index < -0.39 is 35.7 Å². The zero-order valence-electron chi connectivity index (χ0n) is 32.1. The van der Waals surface area contributed by atoms with Crippen molar-refractivity contribution in [2.75, 3.05) is 53.9 Å². The molecule has 1 unspecified atom stereocenters. The number of nitrogens with zero attached hydrogens (tertiary/aromatic N) is 2. The fourth-order valence-corrected chi connectivity index (χ4v) is 4.87. The first-order valence-electron chi connectivity index (χ1n) is 17.1. The number of allylic oxidation sites excluding steroid dienone is 3. The second-order valence-corrected chi connectivity index (χ2v) is 13.2. The van der Waals surface area contributed by atoms with Gasteiger partial charge in [0.2, 0.25) is 0 Å². The molecule has 2 aromatic carbocycles. The van der Waals surface area contributed by atoms with Crippen molar-refractivity contribution in [2.45, 2.75) is 66.4 Å². The molecule has 0 aromatic heterocycles. The number of hydrogen-bond donors (Lipinski definition) is 3. The molecule has 296 valence electrons. The number of carbonyl (C=O) groups is 4. The van der Waals surface area contributed by atoms with Crippen molar-refractivity contribution < 1.29 is 46.2 Å². The topological polar surface area (TPSA) is 119 Å². The normalized spacial score (nSPS) is 13.3. The van der Waals surface area contributed by atoms with Crippen LogP contribution in [-0.4, -0.2) is 99.8 Å². The lowest BCUT2D eigenvalue weighted by Gasteiger charge is -2.35. The molecule has 0 bridgehead atoms. The van der Waals surface area contributed by atoms with Crippen LogP contribution in [0.2, 0.25) is 0 Å². The Morgan fingerprint density at radius 1 is 1.00 bits per heavy atom. The van der Waals surface area contributed by atoms with E-state index in [0.29, 0.717) is 60.0 Å². The van der Waals surface area contributed by atoms with E-state index in [-0.39, 0.29) is 17.6 Å². The number of aldehydes is 3. The Labute approximate surface area is 310 Å². The minimum atomic E-state index is -4.45. The minimum Gasteiger partial charge on any atom is -0.481 e. The Balaban J connectivity index is 0.000000881. The summed E-state index contributed by atoms with van der Waals surface area (Å²) in [5.74, 6) is -0.778. The summed E-state index contributed by atoms with van der Waals surface area (Å²) in [7, 11) is 5.15. The Hall–Kier alpha value is -4.27. The third kappa shape index (κ3) is 18.9. The molecular weight excluding hydrogens is 699 g/mol. The first kappa shape index (κ1) is 48.7. The minimum absolute atomic E-state index is 0.109. The predicted molar refractivity (Wildman–Crippen MR) is 199 cm³/mol. The highest BCUT2D eigenvalue weighted by atomic mass is 19.4. The van der Waals surface area contributed by atoms with Crippen LogP contribution < -0.4 is 10.6 Å². The van der Waals surface area contributed by atoms with Gasteiger partial charge in [0.15, 0.2) is 12.6 Å². The lowest BCUT2D eigenvalue weighted by atomic mass is 9.89. The van der Waals surface area contributed by atoms with Crippen molar-refractivity contribution >= 4 is 24.8 Å². The highest BCUT2D eigenvalue weighted by Gasteiger charge is 2.32. The molecule has 9 nitrogen and oxygen atoms in total. The molecular formula is C39H55F5N4O5. The Morgan fingerprint density at radius 2 is 1.55 bits per heavy atom. The molecule has 3 rings (SSSR count). The number of halogens is 5. The summed E-state index contributed by atoms with van der Waals surface area (Å²) in [6.45, 7) is 14.3. The number of likely N-dealkylation sites (tertiary alicyclic amines) is 1. The van der Waals surface area contributed by atoms with Crippen molar-refractivity contribution in [3.63, 3.8) is 0 Å². The largest absolute Gasteiger partial charge is 0.481 e. The third-order valence-electron chi connectivity index (χ3n) is 7.40. The van der Waals surface area contributed by atoms with E-state index in [1.165, 1.54) is 19.2 Å². The molecule has 1 saturated heterocycles. The number of rotatable bonds is 14. The van der Waals surface area contributed by atoms with Gasteiger partial charge < -0.3 is 25.4 Å². The monoisotopic (exact) mass is 754 g/mol. The second kappa shape index (κ2) is 24.9. The quantitative estimate of drug-likeness (QED) is 0.0487. The average molecular weight is 755 g/mol. The van der Waals surface area contributed by atoms with Crippen molar-refractivity contribution in [1.29, 1.82) is 0 Å². The number of alkyl halides is 4. The van der Waals surface area contributed by atoms with Gasteiger partial charge in [0.05, 0.1) is 24.1 Å². The fraction of sp³-hybridized carbons (Fsp3) is 0.487. The van der Waals surface area contributed by atoms with Crippen molar-refractivity contribution in [1.82, 2.24) is 20.4 Å². The molecule has 2 aromatic rings. The number of carboxylic acid groups (broad SMARTS) is 1. The van der Waals surface area contributed by atoms with Crippen LogP contribution in [0.1, 0.15) is 61.1 Å². The summed E-state index contributed by atoms with van der Waals surface area (Å²) in [6.07, 6.45) is 1.29. The molecule has 0 amide bonds. The second-order valence-electron chi connectivity index (χ2n) is 13.2. The maximum atomic E-state index is 14.6. The van der Waals surface area contributed by atoms with Gasteiger partial charge >= 0.3 is 12.1 Å². The number of nitrogens with one attached hydrogen (secondary N) is 2. The van der Waals surface area contributed by atoms with Gasteiger partial charge in [-0.25, -0.2) is 8.78 Å². The van der Waals surface area contributed by atoms with Crippen LogP contribution >= 0.6 is 0 Å². The third-order valence-corrected chi connectivity index (χ3v) is 7.40. The summed E-state index contributed by atoms with van der Waals surface area (Å²) < 4.78 is 66.2. The number of aryl methyl sites for hydroxylation is 3. The number of benzene rings is 2. The predicted octanol–water partition coefficient (Wildman–Crippen LogP) is 6.65. The molecule has 1 heterocycles. The van der Waals surface area contributed by atoms with E-state index in [2.05, 4.69) is 31.4 Å². The number of aliphatic carboxylic acids is 1. The highest BCUT2D eigenvalue weighted by molar-refractivity contribution is 5.99.